The van der Waals surface area contributed by atoms with E-state index in [9.17, 15) is 18.0 Å². The lowest BCUT2D eigenvalue weighted by Crippen LogP contribution is -2.32. The van der Waals surface area contributed by atoms with Crippen molar-refractivity contribution in [2.45, 2.75) is 6.18 Å². The molecule has 0 radical (unpaired) electrons. The Morgan fingerprint density at radius 2 is 1.71 bits per heavy atom. The summed E-state index contributed by atoms with van der Waals surface area (Å²) in [5.41, 5.74) is 6.94. The summed E-state index contributed by atoms with van der Waals surface area (Å²) in [7, 11) is 0. The van der Waals surface area contributed by atoms with Crippen LogP contribution in [0.4, 0.5) is 29.3 Å². The number of tetrazole rings is 1. The lowest BCUT2D eigenvalue weighted by Gasteiger charge is -2.24. The topological polar surface area (TPSA) is 101 Å². The van der Waals surface area contributed by atoms with Crippen molar-refractivity contribution in [3.63, 3.8) is 0 Å². The van der Waals surface area contributed by atoms with Gasteiger partial charge in [0.25, 0.3) is 0 Å². The fourth-order valence-corrected chi connectivity index (χ4v) is 3.21. The number of hydrogen-bond acceptors (Lipinski definition) is 4. The smallest absolute Gasteiger partial charge is 0.351 e. The average molecular weight is 424 g/mol. The van der Waals surface area contributed by atoms with Crippen LogP contribution in [0.3, 0.4) is 0 Å². The monoisotopic (exact) mass is 424 g/mol. The van der Waals surface area contributed by atoms with Gasteiger partial charge >= 0.3 is 12.2 Å². The van der Waals surface area contributed by atoms with Crippen LogP contribution in [0, 0.1) is 0 Å². The molecular formula is C21H15F3N6O. The number of amides is 2. The molecule has 1 aromatic heterocycles. The van der Waals surface area contributed by atoms with Gasteiger partial charge in [0.1, 0.15) is 0 Å². The number of hydrogen-bond donors (Lipinski definition) is 2. The van der Waals surface area contributed by atoms with E-state index in [0.29, 0.717) is 5.56 Å². The zero-order valence-electron chi connectivity index (χ0n) is 15.8. The number of H-pyrrole nitrogens is 1. The number of benzene rings is 3. The number of carbonyl (C=O) groups excluding carboxylic acids is 1. The highest BCUT2D eigenvalue weighted by atomic mass is 19.4. The van der Waals surface area contributed by atoms with Gasteiger partial charge in [-0.25, -0.2) is 9.89 Å². The number of carbonyl (C=O) groups is 1. The SMILES string of the molecule is NC(=O)N(c1cccc(C(F)(F)F)c1)c1ccc(-c2ccccc2)cc1-c1nnn[nH]1. The molecule has 1 heterocycles. The van der Waals surface area contributed by atoms with Crippen molar-refractivity contribution >= 4 is 17.4 Å². The molecule has 7 nitrogen and oxygen atoms in total. The predicted octanol–water partition coefficient (Wildman–Crippen LogP) is 4.77. The van der Waals surface area contributed by atoms with Gasteiger partial charge in [0, 0.05) is 5.56 Å². The van der Waals surface area contributed by atoms with Crippen LogP contribution in [0.25, 0.3) is 22.5 Å². The van der Waals surface area contributed by atoms with Gasteiger partial charge in [-0.2, -0.15) is 13.2 Å². The minimum absolute atomic E-state index is 0.0384. The Bertz CT molecular complexity index is 1210. The molecular weight excluding hydrogens is 409 g/mol. The Morgan fingerprint density at radius 3 is 2.35 bits per heavy atom. The van der Waals surface area contributed by atoms with Gasteiger partial charge in [-0.15, -0.1) is 5.10 Å². The normalized spacial score (nSPS) is 11.3. The number of rotatable bonds is 4. The van der Waals surface area contributed by atoms with Gasteiger partial charge in [0.05, 0.1) is 16.9 Å². The summed E-state index contributed by atoms with van der Waals surface area (Å²) in [6.45, 7) is 0. The van der Waals surface area contributed by atoms with Crippen LogP contribution >= 0.6 is 0 Å². The van der Waals surface area contributed by atoms with E-state index in [2.05, 4.69) is 20.6 Å². The number of nitrogens with one attached hydrogen (secondary N) is 1. The van der Waals surface area contributed by atoms with Gasteiger partial charge < -0.3 is 5.73 Å². The van der Waals surface area contributed by atoms with Crippen LogP contribution in [0.15, 0.2) is 72.8 Å². The summed E-state index contributed by atoms with van der Waals surface area (Å²) in [4.78, 5) is 13.3. The van der Waals surface area contributed by atoms with Gasteiger partial charge in [-0.3, -0.25) is 4.90 Å². The molecule has 4 aromatic rings. The van der Waals surface area contributed by atoms with Crippen molar-refractivity contribution in [3.8, 4) is 22.5 Å². The van der Waals surface area contributed by atoms with E-state index in [0.717, 1.165) is 28.2 Å². The molecule has 0 aliphatic heterocycles. The van der Waals surface area contributed by atoms with E-state index in [1.54, 1.807) is 18.2 Å². The molecule has 31 heavy (non-hydrogen) atoms. The first-order chi connectivity index (χ1) is 14.8. The Hall–Kier alpha value is -4.21. The Labute approximate surface area is 174 Å². The maximum Gasteiger partial charge on any atom is 0.416 e. The van der Waals surface area contributed by atoms with Crippen molar-refractivity contribution in [1.29, 1.82) is 0 Å². The second-order valence-corrected chi connectivity index (χ2v) is 6.57. The number of halogens is 3. The molecule has 2 amide bonds. The predicted molar refractivity (Wildman–Crippen MR) is 108 cm³/mol. The second kappa shape index (κ2) is 7.90. The Balaban J connectivity index is 1.89. The molecule has 0 fully saturated rings. The molecule has 0 saturated carbocycles. The van der Waals surface area contributed by atoms with Crippen LogP contribution in [0.1, 0.15) is 5.56 Å². The quantitative estimate of drug-likeness (QED) is 0.493. The number of urea groups is 1. The van der Waals surface area contributed by atoms with Crippen molar-refractivity contribution in [2.24, 2.45) is 5.73 Å². The van der Waals surface area contributed by atoms with Crippen LogP contribution in [0.5, 0.6) is 0 Å². The molecule has 3 N–H and O–H groups in total. The molecule has 0 aliphatic rings. The van der Waals surface area contributed by atoms with Crippen LogP contribution in [-0.2, 0) is 6.18 Å². The molecule has 0 unspecified atom stereocenters. The second-order valence-electron chi connectivity index (χ2n) is 6.57. The average Bonchev–Trinajstić information content (AvgIpc) is 3.29. The lowest BCUT2D eigenvalue weighted by molar-refractivity contribution is -0.137. The summed E-state index contributed by atoms with van der Waals surface area (Å²) >= 11 is 0. The molecule has 4 rings (SSSR count). The molecule has 3 aromatic carbocycles. The van der Waals surface area contributed by atoms with E-state index in [1.165, 1.54) is 12.1 Å². The third kappa shape index (κ3) is 4.08. The first-order valence-electron chi connectivity index (χ1n) is 9.05. The third-order valence-electron chi connectivity index (χ3n) is 4.60. The number of aromatic amines is 1. The highest BCUT2D eigenvalue weighted by molar-refractivity contribution is 6.02. The van der Waals surface area contributed by atoms with Gasteiger partial charge in [0.2, 0.25) is 0 Å². The van der Waals surface area contributed by atoms with Crippen LogP contribution in [0.2, 0.25) is 0 Å². The molecule has 0 aliphatic carbocycles. The van der Waals surface area contributed by atoms with Gasteiger partial charge in [-0.05, 0) is 51.9 Å². The number of aromatic nitrogens is 4. The summed E-state index contributed by atoms with van der Waals surface area (Å²) in [6, 6.07) is 17.9. The molecule has 0 bridgehead atoms. The summed E-state index contributed by atoms with van der Waals surface area (Å²) in [5, 5.41) is 13.6. The largest absolute Gasteiger partial charge is 0.416 e. The fourth-order valence-electron chi connectivity index (χ4n) is 3.21. The Kier molecular flexibility index (Phi) is 5.12. The highest BCUT2D eigenvalue weighted by Crippen LogP contribution is 2.38. The zero-order valence-corrected chi connectivity index (χ0v) is 15.8. The number of nitrogens with two attached hydrogens (primary N) is 1. The minimum Gasteiger partial charge on any atom is -0.351 e. The van der Waals surface area contributed by atoms with E-state index >= 15 is 0 Å². The van der Waals surface area contributed by atoms with Crippen LogP contribution in [-0.4, -0.2) is 26.7 Å². The molecule has 10 heteroatoms. The van der Waals surface area contributed by atoms with Gasteiger partial charge in [-0.1, -0.05) is 42.5 Å². The Morgan fingerprint density at radius 1 is 0.935 bits per heavy atom. The lowest BCUT2D eigenvalue weighted by atomic mass is 10.0. The third-order valence-corrected chi connectivity index (χ3v) is 4.60. The van der Waals surface area contributed by atoms with E-state index < -0.39 is 17.8 Å². The van der Waals surface area contributed by atoms with Crippen molar-refractivity contribution in [2.75, 3.05) is 4.90 Å². The molecule has 156 valence electrons. The fraction of sp³-hybridized carbons (Fsp3) is 0.0476. The van der Waals surface area contributed by atoms with Gasteiger partial charge in [0.15, 0.2) is 5.82 Å². The first-order valence-corrected chi connectivity index (χ1v) is 9.05. The zero-order chi connectivity index (χ0) is 22.0. The number of primary amides is 1. The standard InChI is InChI=1S/C21H15F3N6O/c22-21(23,24)15-7-4-8-16(12-15)30(20(25)31)18-10-9-14(13-5-2-1-3-6-13)11-17(18)19-26-28-29-27-19/h1-12H,(H2,25,31)(H,26,27,28,29). The minimum atomic E-state index is -4.58. The highest BCUT2D eigenvalue weighted by Gasteiger charge is 2.32. The summed E-state index contributed by atoms with van der Waals surface area (Å²) in [6.07, 6.45) is -4.58. The first kappa shape index (κ1) is 20.1. The van der Waals surface area contributed by atoms with E-state index in [4.69, 9.17) is 5.73 Å². The maximum atomic E-state index is 13.2. The molecule has 0 spiro atoms. The van der Waals surface area contributed by atoms with E-state index in [1.807, 2.05) is 30.3 Å². The van der Waals surface area contributed by atoms with Crippen molar-refractivity contribution < 1.29 is 18.0 Å². The maximum absolute atomic E-state index is 13.2. The number of anilines is 2. The summed E-state index contributed by atoms with van der Waals surface area (Å²) in [5.74, 6) is 0.228. The molecule has 0 saturated heterocycles. The number of alkyl halides is 3. The van der Waals surface area contributed by atoms with Crippen LogP contribution < -0.4 is 10.6 Å². The van der Waals surface area contributed by atoms with E-state index in [-0.39, 0.29) is 17.2 Å². The molecule has 0 atom stereocenters. The summed E-state index contributed by atoms with van der Waals surface area (Å²) < 4.78 is 39.6. The van der Waals surface area contributed by atoms with Crippen molar-refractivity contribution in [3.05, 3.63) is 78.4 Å². The number of nitrogens with zero attached hydrogens (tertiary/aromatic N) is 4. The van der Waals surface area contributed by atoms with Crippen molar-refractivity contribution in [1.82, 2.24) is 20.6 Å².